The van der Waals surface area contributed by atoms with Gasteiger partial charge in [0, 0.05) is 19.0 Å². The van der Waals surface area contributed by atoms with Crippen LogP contribution in [0.25, 0.3) is 0 Å². The number of benzene rings is 1. The molecule has 0 atom stereocenters. The molecule has 1 amide bonds. The Balaban J connectivity index is 2.31. The molecule has 0 unspecified atom stereocenters. The molecule has 0 aliphatic heterocycles. The van der Waals surface area contributed by atoms with Crippen LogP contribution in [-0.2, 0) is 22.0 Å². The summed E-state index contributed by atoms with van der Waals surface area (Å²) in [5, 5.41) is 2.80. The largest absolute Gasteiger partial charge is 0.372 e. The summed E-state index contributed by atoms with van der Waals surface area (Å²) in [6.07, 6.45) is 0.922. The predicted molar refractivity (Wildman–Crippen MR) is 69.0 cm³/mol. The number of carbonyl (C=O) groups is 1. The van der Waals surface area contributed by atoms with Gasteiger partial charge in [-0.15, -0.1) is 11.6 Å². The Bertz CT molecular complexity index is 355. The van der Waals surface area contributed by atoms with E-state index in [1.165, 1.54) is 0 Å². The zero-order valence-electron chi connectivity index (χ0n) is 10.0. The Hall–Kier alpha value is -1.06. The molecule has 94 valence electrons. The smallest absolute Gasteiger partial charge is 0.246 e. The summed E-state index contributed by atoms with van der Waals surface area (Å²) < 4.78 is 5.14. The van der Waals surface area contributed by atoms with Crippen LogP contribution in [0.3, 0.4) is 0 Å². The average Bonchev–Trinajstić information content (AvgIpc) is 2.37. The fourth-order valence-corrected chi connectivity index (χ4v) is 1.55. The highest BCUT2D eigenvalue weighted by Gasteiger charge is 2.01. The molecule has 1 aromatic rings. The summed E-state index contributed by atoms with van der Waals surface area (Å²) in [7, 11) is 0. The normalized spacial score (nSPS) is 10.2. The maximum absolute atomic E-state index is 11.4. The lowest BCUT2D eigenvalue weighted by atomic mass is 10.1. The van der Waals surface area contributed by atoms with Crippen LogP contribution in [0.4, 0.5) is 0 Å². The van der Waals surface area contributed by atoms with Crippen LogP contribution in [0.15, 0.2) is 24.3 Å². The van der Waals surface area contributed by atoms with Gasteiger partial charge in [-0.25, -0.2) is 0 Å². The van der Waals surface area contributed by atoms with E-state index in [1.807, 2.05) is 31.2 Å². The van der Waals surface area contributed by atoms with Crippen LogP contribution in [0, 0.1) is 0 Å². The summed E-state index contributed by atoms with van der Waals surface area (Å²) >= 11 is 5.74. The Kier molecular flexibility index (Phi) is 6.67. The van der Waals surface area contributed by atoms with E-state index in [4.69, 9.17) is 16.3 Å². The lowest BCUT2D eigenvalue weighted by Gasteiger charge is -2.06. The summed E-state index contributed by atoms with van der Waals surface area (Å²) in [6, 6.07) is 7.85. The lowest BCUT2D eigenvalue weighted by Crippen LogP contribution is -2.27. The van der Waals surface area contributed by atoms with Crippen LogP contribution in [0.1, 0.15) is 24.5 Å². The Labute approximate surface area is 107 Å². The van der Waals surface area contributed by atoms with Crippen molar-refractivity contribution in [2.24, 2.45) is 0 Å². The fraction of sp³-hybridized carbons (Fsp3) is 0.462. The number of carbonyl (C=O) groups excluding carboxylic acids is 1. The number of alkyl halides is 1. The Morgan fingerprint density at radius 2 is 2.18 bits per heavy atom. The van der Waals surface area contributed by atoms with Crippen molar-refractivity contribution < 1.29 is 9.53 Å². The summed E-state index contributed by atoms with van der Waals surface area (Å²) in [4.78, 5) is 11.4. The molecular formula is C13H18ClNO2. The van der Waals surface area contributed by atoms with Gasteiger partial charge in [0.2, 0.25) is 5.91 Å². The van der Waals surface area contributed by atoms with Crippen molar-refractivity contribution in [1.29, 1.82) is 0 Å². The highest BCUT2D eigenvalue weighted by molar-refractivity contribution is 6.17. The third-order valence-electron chi connectivity index (χ3n) is 2.22. The number of hydrogen-bond donors (Lipinski definition) is 1. The van der Waals surface area contributed by atoms with Crippen molar-refractivity contribution in [3.05, 3.63) is 35.4 Å². The number of halogens is 1. The van der Waals surface area contributed by atoms with E-state index < -0.39 is 0 Å². The molecule has 0 aromatic heterocycles. The first-order valence-corrected chi connectivity index (χ1v) is 6.28. The molecule has 0 heterocycles. The zero-order chi connectivity index (χ0) is 12.5. The maximum atomic E-state index is 11.4. The summed E-state index contributed by atoms with van der Waals surface area (Å²) in [5.74, 6) is 0.399. The molecule has 0 bridgehead atoms. The van der Waals surface area contributed by atoms with Gasteiger partial charge < -0.3 is 10.1 Å². The number of nitrogens with one attached hydrogen (secondary N) is 1. The molecule has 0 fully saturated rings. The number of amides is 1. The standard InChI is InChI=1S/C13H18ClNO2/c1-2-6-17-10-13(16)15-9-12-5-3-4-11(7-12)8-14/h3-5,7H,2,6,8-10H2,1H3,(H,15,16). The zero-order valence-corrected chi connectivity index (χ0v) is 10.8. The van der Waals surface area contributed by atoms with Crippen molar-refractivity contribution in [3.8, 4) is 0 Å². The lowest BCUT2D eigenvalue weighted by molar-refractivity contribution is -0.125. The number of hydrogen-bond acceptors (Lipinski definition) is 2. The Morgan fingerprint density at radius 1 is 1.41 bits per heavy atom. The van der Waals surface area contributed by atoms with Gasteiger partial charge in [0.05, 0.1) is 0 Å². The molecule has 0 radical (unpaired) electrons. The fourth-order valence-electron chi connectivity index (χ4n) is 1.38. The molecule has 3 nitrogen and oxygen atoms in total. The van der Waals surface area contributed by atoms with Gasteiger partial charge in [-0.2, -0.15) is 0 Å². The topological polar surface area (TPSA) is 38.3 Å². The molecule has 1 N–H and O–H groups in total. The minimum Gasteiger partial charge on any atom is -0.372 e. The monoisotopic (exact) mass is 255 g/mol. The van der Waals surface area contributed by atoms with Crippen LogP contribution >= 0.6 is 11.6 Å². The minimum absolute atomic E-state index is 0.0882. The molecule has 0 aliphatic carbocycles. The quantitative estimate of drug-likeness (QED) is 0.600. The van der Waals surface area contributed by atoms with Gasteiger partial charge in [0.15, 0.2) is 0 Å². The number of rotatable bonds is 7. The van der Waals surface area contributed by atoms with Crippen molar-refractivity contribution in [2.75, 3.05) is 13.2 Å². The molecule has 0 aliphatic rings. The molecular weight excluding hydrogens is 238 g/mol. The van der Waals surface area contributed by atoms with Crippen LogP contribution < -0.4 is 5.32 Å². The predicted octanol–water partition coefficient (Wildman–Crippen LogP) is 2.47. The number of ether oxygens (including phenoxy) is 1. The second-order valence-electron chi connectivity index (χ2n) is 3.78. The van der Waals surface area contributed by atoms with Crippen molar-refractivity contribution in [2.45, 2.75) is 25.8 Å². The molecule has 17 heavy (non-hydrogen) atoms. The van der Waals surface area contributed by atoms with E-state index >= 15 is 0 Å². The van der Waals surface area contributed by atoms with Gasteiger partial charge in [0.1, 0.15) is 6.61 Å². The molecule has 1 aromatic carbocycles. The molecule has 1 rings (SSSR count). The summed E-state index contributed by atoms with van der Waals surface area (Å²) in [5.41, 5.74) is 2.10. The third-order valence-corrected chi connectivity index (χ3v) is 2.53. The highest BCUT2D eigenvalue weighted by atomic mass is 35.5. The maximum Gasteiger partial charge on any atom is 0.246 e. The van der Waals surface area contributed by atoms with E-state index in [1.54, 1.807) is 0 Å². The van der Waals surface area contributed by atoms with Crippen molar-refractivity contribution in [1.82, 2.24) is 5.32 Å². The van der Waals surface area contributed by atoms with Crippen LogP contribution in [-0.4, -0.2) is 19.1 Å². The Morgan fingerprint density at radius 3 is 2.88 bits per heavy atom. The van der Waals surface area contributed by atoms with E-state index in [0.29, 0.717) is 19.0 Å². The molecule has 0 saturated heterocycles. The van der Waals surface area contributed by atoms with E-state index in [9.17, 15) is 4.79 Å². The second-order valence-corrected chi connectivity index (χ2v) is 4.05. The average molecular weight is 256 g/mol. The minimum atomic E-state index is -0.0882. The molecule has 0 saturated carbocycles. The van der Waals surface area contributed by atoms with Gasteiger partial charge in [-0.3, -0.25) is 4.79 Å². The van der Waals surface area contributed by atoms with Crippen LogP contribution in [0.5, 0.6) is 0 Å². The first-order chi connectivity index (χ1) is 8.26. The van der Waals surface area contributed by atoms with Gasteiger partial charge in [-0.1, -0.05) is 31.2 Å². The first-order valence-electron chi connectivity index (χ1n) is 5.74. The SMILES string of the molecule is CCCOCC(=O)NCc1cccc(CCl)c1. The van der Waals surface area contributed by atoms with Gasteiger partial charge in [0.25, 0.3) is 0 Å². The second kappa shape index (κ2) is 8.09. The van der Waals surface area contributed by atoms with Gasteiger partial charge in [-0.05, 0) is 17.5 Å². The molecule has 0 spiro atoms. The van der Waals surface area contributed by atoms with E-state index in [2.05, 4.69) is 5.32 Å². The summed E-state index contributed by atoms with van der Waals surface area (Å²) in [6.45, 7) is 3.27. The van der Waals surface area contributed by atoms with Crippen molar-refractivity contribution in [3.63, 3.8) is 0 Å². The molecule has 4 heteroatoms. The van der Waals surface area contributed by atoms with Crippen molar-refractivity contribution >= 4 is 17.5 Å². The third kappa shape index (κ3) is 5.71. The first kappa shape index (κ1) is 14.0. The van der Waals surface area contributed by atoms with Gasteiger partial charge >= 0.3 is 0 Å². The van der Waals surface area contributed by atoms with E-state index in [-0.39, 0.29) is 12.5 Å². The van der Waals surface area contributed by atoms with E-state index in [0.717, 1.165) is 17.5 Å². The van der Waals surface area contributed by atoms with Crippen LogP contribution in [0.2, 0.25) is 0 Å². The highest BCUT2D eigenvalue weighted by Crippen LogP contribution is 2.07.